The molecular formula is C14H19ClN2S. The molecule has 1 unspecified atom stereocenters. The Balaban J connectivity index is 2.20. The first-order valence-electron chi connectivity index (χ1n) is 6.12. The molecule has 0 aliphatic heterocycles. The van der Waals surface area contributed by atoms with Crippen LogP contribution in [0, 0.1) is 11.3 Å². The number of hydrogen-bond acceptors (Lipinski definition) is 3. The van der Waals surface area contributed by atoms with E-state index in [-0.39, 0.29) is 0 Å². The van der Waals surface area contributed by atoms with Gasteiger partial charge in [0.25, 0.3) is 0 Å². The molecule has 0 bridgehead atoms. The fourth-order valence-electron chi connectivity index (χ4n) is 1.57. The summed E-state index contributed by atoms with van der Waals surface area (Å²) in [6.45, 7) is 1.96. The van der Waals surface area contributed by atoms with Gasteiger partial charge in [-0.1, -0.05) is 30.7 Å². The molecule has 0 amide bonds. The highest BCUT2D eigenvalue weighted by atomic mass is 35.5. The van der Waals surface area contributed by atoms with Gasteiger partial charge in [0, 0.05) is 10.8 Å². The van der Waals surface area contributed by atoms with Crippen molar-refractivity contribution in [3.63, 3.8) is 0 Å². The molecule has 0 spiro atoms. The number of nitrogens with zero attached hydrogens (tertiary/aromatic N) is 1. The standard InChI is InChI=1S/C14H19ClN2S/c1-2-14(17,11-16)8-3-9-18-10-12-4-6-13(15)7-5-12/h4-7H,2-3,8-10,17H2,1H3. The summed E-state index contributed by atoms with van der Waals surface area (Å²) in [5.74, 6) is 2.01. The van der Waals surface area contributed by atoms with Crippen LogP contribution in [0.1, 0.15) is 31.7 Å². The maximum Gasteiger partial charge on any atom is 0.104 e. The average Bonchev–Trinajstić information content (AvgIpc) is 2.40. The third-order valence-electron chi connectivity index (χ3n) is 2.95. The average molecular weight is 283 g/mol. The number of rotatable bonds is 7. The summed E-state index contributed by atoms with van der Waals surface area (Å²) < 4.78 is 0. The Kier molecular flexibility index (Phi) is 6.56. The molecule has 4 heteroatoms. The SMILES string of the molecule is CCC(N)(C#N)CCCSCc1ccc(Cl)cc1. The van der Waals surface area contributed by atoms with E-state index in [0.29, 0.717) is 6.42 Å². The minimum Gasteiger partial charge on any atom is -0.313 e. The highest BCUT2D eigenvalue weighted by Crippen LogP contribution is 2.19. The lowest BCUT2D eigenvalue weighted by atomic mass is 9.94. The summed E-state index contributed by atoms with van der Waals surface area (Å²) in [5.41, 5.74) is 6.56. The minimum atomic E-state index is -0.638. The van der Waals surface area contributed by atoms with Gasteiger partial charge in [0.2, 0.25) is 0 Å². The monoisotopic (exact) mass is 282 g/mol. The topological polar surface area (TPSA) is 49.8 Å². The number of nitriles is 1. The quantitative estimate of drug-likeness (QED) is 0.770. The Morgan fingerprint density at radius 3 is 2.61 bits per heavy atom. The van der Waals surface area contributed by atoms with Gasteiger partial charge in [-0.2, -0.15) is 17.0 Å². The lowest BCUT2D eigenvalue weighted by Crippen LogP contribution is -2.37. The maximum atomic E-state index is 8.95. The van der Waals surface area contributed by atoms with Crippen molar-refractivity contribution in [2.75, 3.05) is 5.75 Å². The van der Waals surface area contributed by atoms with Crippen LogP contribution in [0.15, 0.2) is 24.3 Å². The van der Waals surface area contributed by atoms with Crippen LogP contribution in [0.4, 0.5) is 0 Å². The molecule has 1 atom stereocenters. The zero-order valence-corrected chi connectivity index (χ0v) is 12.2. The number of halogens is 1. The smallest absolute Gasteiger partial charge is 0.104 e. The summed E-state index contributed by atoms with van der Waals surface area (Å²) in [5, 5.41) is 9.72. The molecule has 0 aromatic heterocycles. The lowest BCUT2D eigenvalue weighted by Gasteiger charge is -2.18. The molecule has 0 radical (unpaired) electrons. The molecule has 0 aliphatic carbocycles. The van der Waals surface area contributed by atoms with E-state index in [1.165, 1.54) is 5.56 Å². The van der Waals surface area contributed by atoms with Crippen molar-refractivity contribution in [3.8, 4) is 6.07 Å². The van der Waals surface area contributed by atoms with Crippen LogP contribution in [-0.2, 0) is 5.75 Å². The first-order valence-corrected chi connectivity index (χ1v) is 7.65. The minimum absolute atomic E-state index is 0.638. The second kappa shape index (κ2) is 7.68. The van der Waals surface area contributed by atoms with Crippen molar-refractivity contribution in [3.05, 3.63) is 34.9 Å². The molecule has 0 fully saturated rings. The zero-order valence-electron chi connectivity index (χ0n) is 10.7. The van der Waals surface area contributed by atoms with E-state index in [2.05, 4.69) is 6.07 Å². The first-order chi connectivity index (χ1) is 8.59. The van der Waals surface area contributed by atoms with Crippen molar-refractivity contribution < 1.29 is 0 Å². The lowest BCUT2D eigenvalue weighted by molar-refractivity contribution is 0.478. The second-order valence-electron chi connectivity index (χ2n) is 4.40. The predicted molar refractivity (Wildman–Crippen MR) is 79.7 cm³/mol. The summed E-state index contributed by atoms with van der Waals surface area (Å²) >= 11 is 7.69. The largest absolute Gasteiger partial charge is 0.313 e. The fraction of sp³-hybridized carbons (Fsp3) is 0.500. The molecule has 1 aromatic carbocycles. The normalized spacial score (nSPS) is 13.9. The van der Waals surface area contributed by atoms with E-state index in [0.717, 1.165) is 29.4 Å². The Morgan fingerprint density at radius 1 is 1.39 bits per heavy atom. The Bertz CT molecular complexity index is 399. The van der Waals surface area contributed by atoms with Crippen LogP contribution in [0.25, 0.3) is 0 Å². The predicted octanol–water partition coefficient (Wildman–Crippen LogP) is 3.98. The third-order valence-corrected chi connectivity index (χ3v) is 4.31. The van der Waals surface area contributed by atoms with Crippen molar-refractivity contribution in [2.45, 2.75) is 37.5 Å². The number of benzene rings is 1. The molecule has 98 valence electrons. The highest BCUT2D eigenvalue weighted by Gasteiger charge is 2.20. The first kappa shape index (κ1) is 15.4. The van der Waals surface area contributed by atoms with Gasteiger partial charge in [-0.05, 0) is 42.7 Å². The van der Waals surface area contributed by atoms with Crippen LogP contribution in [0.5, 0.6) is 0 Å². The van der Waals surface area contributed by atoms with Gasteiger partial charge in [0.1, 0.15) is 5.54 Å². The van der Waals surface area contributed by atoms with Crippen molar-refractivity contribution >= 4 is 23.4 Å². The molecule has 0 aliphatic rings. The van der Waals surface area contributed by atoms with Crippen LogP contribution >= 0.6 is 23.4 Å². The van der Waals surface area contributed by atoms with E-state index in [9.17, 15) is 0 Å². The second-order valence-corrected chi connectivity index (χ2v) is 5.95. The van der Waals surface area contributed by atoms with Crippen LogP contribution in [0.3, 0.4) is 0 Å². The van der Waals surface area contributed by atoms with E-state index in [1.54, 1.807) is 0 Å². The molecule has 1 rings (SSSR count). The van der Waals surface area contributed by atoms with Crippen LogP contribution in [0.2, 0.25) is 5.02 Å². The summed E-state index contributed by atoms with van der Waals surface area (Å²) in [4.78, 5) is 0. The maximum absolute atomic E-state index is 8.95. The van der Waals surface area contributed by atoms with Crippen molar-refractivity contribution in [1.29, 1.82) is 5.26 Å². The number of hydrogen-bond donors (Lipinski definition) is 1. The molecule has 18 heavy (non-hydrogen) atoms. The Hall–Kier alpha value is -0.690. The van der Waals surface area contributed by atoms with Crippen LogP contribution in [-0.4, -0.2) is 11.3 Å². The van der Waals surface area contributed by atoms with Gasteiger partial charge in [-0.25, -0.2) is 0 Å². The van der Waals surface area contributed by atoms with E-state index < -0.39 is 5.54 Å². The van der Waals surface area contributed by atoms with Gasteiger partial charge in [-0.15, -0.1) is 0 Å². The Labute approximate surface area is 119 Å². The Morgan fingerprint density at radius 2 is 2.06 bits per heavy atom. The molecule has 2 nitrogen and oxygen atoms in total. The van der Waals surface area contributed by atoms with E-state index in [1.807, 2.05) is 43.0 Å². The van der Waals surface area contributed by atoms with E-state index in [4.69, 9.17) is 22.6 Å². The van der Waals surface area contributed by atoms with Gasteiger partial charge in [-0.3, -0.25) is 0 Å². The zero-order chi connectivity index (χ0) is 13.4. The van der Waals surface area contributed by atoms with Crippen molar-refractivity contribution in [2.24, 2.45) is 5.73 Å². The molecule has 0 heterocycles. The molecule has 0 saturated heterocycles. The van der Waals surface area contributed by atoms with Gasteiger partial charge in [0.15, 0.2) is 0 Å². The molecule has 1 aromatic rings. The van der Waals surface area contributed by atoms with E-state index >= 15 is 0 Å². The van der Waals surface area contributed by atoms with Gasteiger partial charge in [0.05, 0.1) is 6.07 Å². The molecular weight excluding hydrogens is 264 g/mol. The van der Waals surface area contributed by atoms with Crippen molar-refractivity contribution in [1.82, 2.24) is 0 Å². The summed E-state index contributed by atoms with van der Waals surface area (Å²) in [7, 11) is 0. The summed E-state index contributed by atoms with van der Waals surface area (Å²) in [6, 6.07) is 10.1. The number of thioether (sulfide) groups is 1. The number of nitrogens with two attached hydrogens (primary N) is 1. The fourth-order valence-corrected chi connectivity index (χ4v) is 2.62. The van der Waals surface area contributed by atoms with Gasteiger partial charge >= 0.3 is 0 Å². The van der Waals surface area contributed by atoms with Gasteiger partial charge < -0.3 is 5.73 Å². The van der Waals surface area contributed by atoms with Crippen LogP contribution < -0.4 is 5.73 Å². The third kappa shape index (κ3) is 5.30. The highest BCUT2D eigenvalue weighted by molar-refractivity contribution is 7.98. The molecule has 0 saturated carbocycles. The summed E-state index contributed by atoms with van der Waals surface area (Å²) in [6.07, 6.45) is 2.47. The molecule has 2 N–H and O–H groups in total.